The highest BCUT2D eigenvalue weighted by Crippen LogP contribution is 2.27. The summed E-state index contributed by atoms with van der Waals surface area (Å²) in [5.74, 6) is -0.382. The molecule has 0 aliphatic carbocycles. The van der Waals surface area contributed by atoms with Crippen LogP contribution in [0, 0.1) is 10.1 Å². The van der Waals surface area contributed by atoms with Gasteiger partial charge >= 0.3 is 0 Å². The number of hydrogen-bond donors (Lipinski definition) is 1. The summed E-state index contributed by atoms with van der Waals surface area (Å²) in [7, 11) is 4.99. The average Bonchev–Trinajstić information content (AvgIpc) is 2.77. The normalized spacial score (nSPS) is 14.4. The van der Waals surface area contributed by atoms with E-state index in [1.165, 1.54) is 38.0 Å². The molecule has 1 aliphatic rings. The van der Waals surface area contributed by atoms with Crippen molar-refractivity contribution in [1.82, 2.24) is 9.96 Å². The first kappa shape index (κ1) is 21.5. The number of piperazine rings is 1. The fourth-order valence-electron chi connectivity index (χ4n) is 3.32. The smallest absolute Gasteiger partial charge is 0.292 e. The van der Waals surface area contributed by atoms with E-state index in [9.17, 15) is 14.9 Å². The first-order chi connectivity index (χ1) is 14.4. The second-order valence-electron chi connectivity index (χ2n) is 7.28. The van der Waals surface area contributed by atoms with Crippen LogP contribution in [0.4, 0.5) is 17.1 Å². The van der Waals surface area contributed by atoms with E-state index in [2.05, 4.69) is 34.3 Å². The maximum absolute atomic E-state index is 12.3. The van der Waals surface area contributed by atoms with Crippen LogP contribution >= 0.6 is 0 Å². The molecular weight excluding hydrogens is 386 g/mol. The van der Waals surface area contributed by atoms with Gasteiger partial charge in [0.1, 0.15) is 5.69 Å². The molecule has 0 spiro atoms. The highest BCUT2D eigenvalue weighted by atomic mass is 16.7. The van der Waals surface area contributed by atoms with Gasteiger partial charge in [0.2, 0.25) is 0 Å². The molecule has 0 atom stereocenters. The Bertz CT molecular complexity index is 895. The van der Waals surface area contributed by atoms with Crippen molar-refractivity contribution < 1.29 is 14.6 Å². The van der Waals surface area contributed by atoms with Gasteiger partial charge in [-0.05, 0) is 36.9 Å². The minimum absolute atomic E-state index is 0.0827. The fraction of sp³-hybridized carbons (Fsp3) is 0.381. The fourth-order valence-corrected chi connectivity index (χ4v) is 3.32. The number of carbonyl (C=O) groups is 1. The molecule has 1 amide bonds. The van der Waals surface area contributed by atoms with Gasteiger partial charge in [-0.2, -0.15) is 0 Å². The van der Waals surface area contributed by atoms with E-state index in [0.29, 0.717) is 17.8 Å². The van der Waals surface area contributed by atoms with Crippen LogP contribution in [-0.2, 0) is 11.4 Å². The van der Waals surface area contributed by atoms with Crippen molar-refractivity contribution >= 4 is 23.0 Å². The van der Waals surface area contributed by atoms with Gasteiger partial charge in [0, 0.05) is 57.1 Å². The van der Waals surface area contributed by atoms with Crippen molar-refractivity contribution in [1.29, 1.82) is 0 Å². The maximum Gasteiger partial charge on any atom is 0.292 e. The summed E-state index contributed by atoms with van der Waals surface area (Å²) >= 11 is 0. The number of carbonyl (C=O) groups excluding carboxylic acids is 1. The van der Waals surface area contributed by atoms with Crippen LogP contribution in [0.15, 0.2) is 42.5 Å². The van der Waals surface area contributed by atoms with Gasteiger partial charge in [-0.3, -0.25) is 19.7 Å². The second kappa shape index (κ2) is 9.55. The number of nitrogens with one attached hydrogen (secondary N) is 1. The number of anilines is 2. The van der Waals surface area contributed by atoms with Crippen LogP contribution in [0.5, 0.6) is 0 Å². The lowest BCUT2D eigenvalue weighted by Crippen LogP contribution is -2.44. The van der Waals surface area contributed by atoms with E-state index in [-0.39, 0.29) is 11.6 Å². The van der Waals surface area contributed by atoms with E-state index in [4.69, 9.17) is 4.84 Å². The van der Waals surface area contributed by atoms with Crippen molar-refractivity contribution in [2.45, 2.75) is 6.54 Å². The molecule has 0 aromatic heterocycles. The lowest BCUT2D eigenvalue weighted by molar-refractivity contribution is -0.384. The molecule has 1 aliphatic heterocycles. The highest BCUT2D eigenvalue weighted by molar-refractivity contribution is 5.95. The lowest BCUT2D eigenvalue weighted by atomic mass is 10.1. The van der Waals surface area contributed by atoms with Crippen molar-refractivity contribution in [3.8, 4) is 0 Å². The van der Waals surface area contributed by atoms with Gasteiger partial charge in [-0.1, -0.05) is 12.1 Å². The van der Waals surface area contributed by atoms with Gasteiger partial charge in [0.05, 0.1) is 12.0 Å². The molecule has 2 aromatic carbocycles. The molecule has 2 aromatic rings. The third kappa shape index (κ3) is 5.05. The Labute approximate surface area is 175 Å². The van der Waals surface area contributed by atoms with Gasteiger partial charge in [-0.25, -0.2) is 5.06 Å². The van der Waals surface area contributed by atoms with E-state index < -0.39 is 4.92 Å². The molecule has 3 rings (SSSR count). The summed E-state index contributed by atoms with van der Waals surface area (Å²) in [4.78, 5) is 32.8. The standard InChI is InChI=1S/C21H27N5O4/c1-23-10-12-25(13-11-23)18-7-4-16(5-8-18)15-22-19-14-17(21(27)24(2)30-3)6-9-20(19)26(28)29/h4-9,14,22H,10-13,15H2,1-3H3. The van der Waals surface area contributed by atoms with E-state index >= 15 is 0 Å². The molecular formula is C21H27N5O4. The average molecular weight is 413 g/mol. The van der Waals surface area contributed by atoms with Gasteiger partial charge < -0.3 is 15.1 Å². The molecule has 160 valence electrons. The topological polar surface area (TPSA) is 91.2 Å². The number of nitro groups is 1. The second-order valence-corrected chi connectivity index (χ2v) is 7.28. The largest absolute Gasteiger partial charge is 0.375 e. The number of hydroxylamine groups is 2. The van der Waals surface area contributed by atoms with Gasteiger partial charge in [0.25, 0.3) is 11.6 Å². The molecule has 0 unspecified atom stereocenters. The summed E-state index contributed by atoms with van der Waals surface area (Å²) in [5.41, 5.74) is 2.68. The van der Waals surface area contributed by atoms with Crippen LogP contribution in [-0.4, -0.2) is 68.2 Å². The van der Waals surface area contributed by atoms with Crippen LogP contribution < -0.4 is 10.2 Å². The number of likely N-dealkylation sites (N-methyl/N-ethyl adjacent to an activating group) is 1. The SMILES string of the molecule is CON(C)C(=O)c1ccc([N+](=O)[O-])c(NCc2ccc(N3CCN(C)CC3)cc2)c1. The summed E-state index contributed by atoms with van der Waals surface area (Å²) in [6, 6.07) is 12.4. The van der Waals surface area contributed by atoms with Crippen LogP contribution in [0.3, 0.4) is 0 Å². The first-order valence-corrected chi connectivity index (χ1v) is 9.76. The van der Waals surface area contributed by atoms with Crippen molar-refractivity contribution in [3.05, 3.63) is 63.7 Å². The molecule has 9 heteroatoms. The van der Waals surface area contributed by atoms with Crippen molar-refractivity contribution in [2.75, 3.05) is 57.6 Å². The maximum atomic E-state index is 12.3. The zero-order valence-corrected chi connectivity index (χ0v) is 17.5. The highest BCUT2D eigenvalue weighted by Gasteiger charge is 2.19. The molecule has 9 nitrogen and oxygen atoms in total. The third-order valence-electron chi connectivity index (χ3n) is 5.29. The minimum Gasteiger partial charge on any atom is -0.375 e. The van der Waals surface area contributed by atoms with Crippen LogP contribution in [0.1, 0.15) is 15.9 Å². The number of hydrogen-bond acceptors (Lipinski definition) is 7. The van der Waals surface area contributed by atoms with Crippen molar-refractivity contribution in [2.24, 2.45) is 0 Å². The van der Waals surface area contributed by atoms with E-state index in [1.54, 1.807) is 0 Å². The molecule has 0 saturated carbocycles. The summed E-state index contributed by atoms with van der Waals surface area (Å²) in [6.45, 7) is 4.48. The Hall–Kier alpha value is -3.17. The Balaban J connectivity index is 1.71. The Morgan fingerprint density at radius 1 is 1.17 bits per heavy atom. The molecule has 30 heavy (non-hydrogen) atoms. The predicted molar refractivity (Wildman–Crippen MR) is 116 cm³/mol. The van der Waals surface area contributed by atoms with Gasteiger partial charge in [0.15, 0.2) is 0 Å². The molecule has 1 N–H and O–H groups in total. The summed E-state index contributed by atoms with van der Waals surface area (Å²) in [6.07, 6.45) is 0. The number of amides is 1. The minimum atomic E-state index is -0.465. The number of benzene rings is 2. The number of nitro benzene ring substituents is 1. The Morgan fingerprint density at radius 2 is 1.83 bits per heavy atom. The zero-order valence-electron chi connectivity index (χ0n) is 17.5. The molecule has 0 radical (unpaired) electrons. The molecule has 1 saturated heterocycles. The predicted octanol–water partition coefficient (Wildman–Crippen LogP) is 2.59. The Morgan fingerprint density at radius 3 is 2.43 bits per heavy atom. The lowest BCUT2D eigenvalue weighted by Gasteiger charge is -2.34. The quantitative estimate of drug-likeness (QED) is 0.551. The molecule has 0 bridgehead atoms. The monoisotopic (exact) mass is 413 g/mol. The van der Waals surface area contributed by atoms with Crippen molar-refractivity contribution in [3.63, 3.8) is 0 Å². The van der Waals surface area contributed by atoms with Crippen LogP contribution in [0.2, 0.25) is 0 Å². The first-order valence-electron chi connectivity index (χ1n) is 9.76. The number of rotatable bonds is 7. The number of nitrogens with zero attached hydrogens (tertiary/aromatic N) is 4. The van der Waals surface area contributed by atoms with E-state index in [1.807, 2.05) is 12.1 Å². The summed E-state index contributed by atoms with van der Waals surface area (Å²) < 4.78 is 0. The molecule has 1 heterocycles. The van der Waals surface area contributed by atoms with Crippen LogP contribution in [0.25, 0.3) is 0 Å². The van der Waals surface area contributed by atoms with E-state index in [0.717, 1.165) is 36.8 Å². The zero-order chi connectivity index (χ0) is 21.7. The Kier molecular flexibility index (Phi) is 6.86. The van der Waals surface area contributed by atoms with Gasteiger partial charge in [-0.15, -0.1) is 0 Å². The summed E-state index contributed by atoms with van der Waals surface area (Å²) in [5, 5.41) is 15.5. The third-order valence-corrected chi connectivity index (χ3v) is 5.29. The molecule has 1 fully saturated rings.